The SMILES string of the molecule is CCOC(=O)c1ccc(NC(=O)CN2CCN(C)CC2c2ccccc2)cc1. The number of rotatable bonds is 6. The van der Waals surface area contributed by atoms with Crippen LogP contribution in [0.2, 0.25) is 0 Å². The zero-order chi connectivity index (χ0) is 19.9. The van der Waals surface area contributed by atoms with E-state index in [1.165, 1.54) is 5.56 Å². The van der Waals surface area contributed by atoms with Gasteiger partial charge in [-0.15, -0.1) is 0 Å². The van der Waals surface area contributed by atoms with E-state index in [0.29, 0.717) is 24.4 Å². The zero-order valence-corrected chi connectivity index (χ0v) is 16.4. The number of nitrogens with zero attached hydrogens (tertiary/aromatic N) is 2. The van der Waals surface area contributed by atoms with Crippen molar-refractivity contribution in [1.29, 1.82) is 0 Å². The summed E-state index contributed by atoms with van der Waals surface area (Å²) in [6.07, 6.45) is 0. The van der Waals surface area contributed by atoms with Gasteiger partial charge in [0.05, 0.1) is 18.7 Å². The molecule has 1 aliphatic rings. The summed E-state index contributed by atoms with van der Waals surface area (Å²) >= 11 is 0. The molecule has 148 valence electrons. The molecule has 0 aliphatic carbocycles. The Hall–Kier alpha value is -2.70. The molecule has 1 unspecified atom stereocenters. The molecule has 6 heteroatoms. The summed E-state index contributed by atoms with van der Waals surface area (Å²) in [4.78, 5) is 28.8. The van der Waals surface area contributed by atoms with Crippen LogP contribution >= 0.6 is 0 Å². The molecule has 1 saturated heterocycles. The van der Waals surface area contributed by atoms with Crippen molar-refractivity contribution < 1.29 is 14.3 Å². The van der Waals surface area contributed by atoms with E-state index in [1.807, 2.05) is 18.2 Å². The average molecular weight is 381 g/mol. The average Bonchev–Trinajstić information content (AvgIpc) is 2.70. The standard InChI is InChI=1S/C22H27N3O3/c1-3-28-22(27)18-9-11-19(12-10-18)23-21(26)16-25-14-13-24(2)15-20(25)17-7-5-4-6-8-17/h4-12,20H,3,13-16H2,1-2H3,(H,23,26). The lowest BCUT2D eigenvalue weighted by atomic mass is 10.0. The third-order valence-electron chi connectivity index (χ3n) is 4.91. The van der Waals surface area contributed by atoms with Gasteiger partial charge >= 0.3 is 5.97 Å². The molecule has 0 aromatic heterocycles. The molecule has 0 radical (unpaired) electrons. The Morgan fingerprint density at radius 3 is 2.46 bits per heavy atom. The molecule has 0 spiro atoms. The highest BCUT2D eigenvalue weighted by Gasteiger charge is 2.27. The van der Waals surface area contributed by atoms with Crippen LogP contribution in [0.3, 0.4) is 0 Å². The number of hydrogen-bond acceptors (Lipinski definition) is 5. The van der Waals surface area contributed by atoms with E-state index < -0.39 is 0 Å². The van der Waals surface area contributed by atoms with Gasteiger partial charge in [0, 0.05) is 31.4 Å². The Morgan fingerprint density at radius 1 is 1.07 bits per heavy atom. The number of carbonyl (C=O) groups is 2. The first-order chi connectivity index (χ1) is 13.6. The Balaban J connectivity index is 1.62. The Morgan fingerprint density at radius 2 is 1.79 bits per heavy atom. The van der Waals surface area contributed by atoms with Gasteiger partial charge in [-0.25, -0.2) is 4.79 Å². The van der Waals surface area contributed by atoms with Gasteiger partial charge in [0.2, 0.25) is 5.91 Å². The third-order valence-corrected chi connectivity index (χ3v) is 4.91. The Bertz CT molecular complexity index is 792. The van der Waals surface area contributed by atoms with E-state index in [2.05, 4.69) is 34.3 Å². The zero-order valence-electron chi connectivity index (χ0n) is 16.4. The quantitative estimate of drug-likeness (QED) is 0.780. The number of anilines is 1. The monoisotopic (exact) mass is 381 g/mol. The van der Waals surface area contributed by atoms with E-state index in [9.17, 15) is 9.59 Å². The second-order valence-corrected chi connectivity index (χ2v) is 7.01. The van der Waals surface area contributed by atoms with Gasteiger partial charge < -0.3 is 15.0 Å². The maximum atomic E-state index is 12.6. The van der Waals surface area contributed by atoms with Crippen LogP contribution in [-0.2, 0) is 9.53 Å². The second-order valence-electron chi connectivity index (χ2n) is 7.01. The van der Waals surface area contributed by atoms with Crippen molar-refractivity contribution in [3.05, 3.63) is 65.7 Å². The van der Waals surface area contributed by atoms with Crippen LogP contribution in [0, 0.1) is 0 Å². The minimum atomic E-state index is -0.358. The van der Waals surface area contributed by atoms with E-state index in [0.717, 1.165) is 19.6 Å². The smallest absolute Gasteiger partial charge is 0.338 e. The number of benzene rings is 2. The summed E-state index contributed by atoms with van der Waals surface area (Å²) < 4.78 is 4.97. The molecule has 2 aromatic rings. The van der Waals surface area contributed by atoms with Gasteiger partial charge in [-0.1, -0.05) is 30.3 Å². The summed E-state index contributed by atoms with van der Waals surface area (Å²) in [5.74, 6) is -0.419. The fraction of sp³-hybridized carbons (Fsp3) is 0.364. The largest absolute Gasteiger partial charge is 0.462 e. The topological polar surface area (TPSA) is 61.9 Å². The van der Waals surface area contributed by atoms with E-state index in [4.69, 9.17) is 4.74 Å². The van der Waals surface area contributed by atoms with Crippen LogP contribution in [0.4, 0.5) is 5.69 Å². The molecule has 1 aliphatic heterocycles. The van der Waals surface area contributed by atoms with Crippen molar-refractivity contribution in [2.45, 2.75) is 13.0 Å². The molecule has 1 heterocycles. The number of esters is 1. The predicted octanol–water partition coefficient (Wildman–Crippen LogP) is 2.79. The van der Waals surface area contributed by atoms with Crippen LogP contribution in [0.1, 0.15) is 28.9 Å². The van der Waals surface area contributed by atoms with Crippen LogP contribution in [0.15, 0.2) is 54.6 Å². The molecule has 0 bridgehead atoms. The Kier molecular flexibility index (Phi) is 6.79. The van der Waals surface area contributed by atoms with Gasteiger partial charge in [-0.05, 0) is 43.8 Å². The van der Waals surface area contributed by atoms with Crippen molar-refractivity contribution in [1.82, 2.24) is 9.80 Å². The van der Waals surface area contributed by atoms with Gasteiger partial charge in [0.25, 0.3) is 0 Å². The van der Waals surface area contributed by atoms with Crippen molar-refractivity contribution in [3.63, 3.8) is 0 Å². The summed E-state index contributed by atoms with van der Waals surface area (Å²) in [6, 6.07) is 17.3. The maximum absolute atomic E-state index is 12.6. The van der Waals surface area contributed by atoms with Crippen molar-refractivity contribution in [2.24, 2.45) is 0 Å². The van der Waals surface area contributed by atoms with Gasteiger partial charge in [0.1, 0.15) is 0 Å². The van der Waals surface area contributed by atoms with Crippen LogP contribution in [0.25, 0.3) is 0 Å². The number of hydrogen-bond donors (Lipinski definition) is 1. The minimum absolute atomic E-state index is 0.0608. The van der Waals surface area contributed by atoms with Crippen LogP contribution in [0.5, 0.6) is 0 Å². The molecule has 1 atom stereocenters. The lowest BCUT2D eigenvalue weighted by Crippen LogP contribution is -2.49. The van der Waals surface area contributed by atoms with Gasteiger partial charge in [0.15, 0.2) is 0 Å². The highest BCUT2D eigenvalue weighted by molar-refractivity contribution is 5.94. The first-order valence-electron chi connectivity index (χ1n) is 9.61. The van der Waals surface area contributed by atoms with Gasteiger partial charge in [-0.2, -0.15) is 0 Å². The number of carbonyl (C=O) groups excluding carboxylic acids is 2. The summed E-state index contributed by atoms with van der Waals surface area (Å²) in [5, 5.41) is 2.92. The molecule has 1 N–H and O–H groups in total. The van der Waals surface area contributed by atoms with E-state index >= 15 is 0 Å². The summed E-state index contributed by atoms with van der Waals surface area (Å²) in [7, 11) is 2.11. The molecule has 3 rings (SSSR count). The molecule has 1 fully saturated rings. The van der Waals surface area contributed by atoms with Crippen LogP contribution in [-0.4, -0.2) is 61.5 Å². The first-order valence-corrected chi connectivity index (χ1v) is 9.61. The highest BCUT2D eigenvalue weighted by Crippen LogP contribution is 2.24. The van der Waals surface area contributed by atoms with Crippen molar-refractivity contribution >= 4 is 17.6 Å². The van der Waals surface area contributed by atoms with Gasteiger partial charge in [-0.3, -0.25) is 9.69 Å². The Labute approximate surface area is 166 Å². The van der Waals surface area contributed by atoms with E-state index in [-0.39, 0.29) is 17.9 Å². The molecule has 6 nitrogen and oxygen atoms in total. The summed E-state index contributed by atoms with van der Waals surface area (Å²) in [6.45, 7) is 5.10. The van der Waals surface area contributed by atoms with Crippen molar-refractivity contribution in [2.75, 3.05) is 45.2 Å². The number of ether oxygens (including phenoxy) is 1. The highest BCUT2D eigenvalue weighted by atomic mass is 16.5. The first kappa shape index (κ1) is 20.0. The maximum Gasteiger partial charge on any atom is 0.338 e. The third kappa shape index (κ3) is 5.18. The predicted molar refractivity (Wildman–Crippen MR) is 109 cm³/mol. The fourth-order valence-corrected chi connectivity index (χ4v) is 3.43. The number of piperazine rings is 1. The fourth-order valence-electron chi connectivity index (χ4n) is 3.43. The normalized spacial score (nSPS) is 17.9. The number of amides is 1. The lowest BCUT2D eigenvalue weighted by Gasteiger charge is -2.39. The summed E-state index contributed by atoms with van der Waals surface area (Å²) in [5.41, 5.74) is 2.37. The molecular weight excluding hydrogens is 354 g/mol. The molecule has 2 aromatic carbocycles. The molecular formula is C22H27N3O3. The second kappa shape index (κ2) is 9.48. The lowest BCUT2D eigenvalue weighted by molar-refractivity contribution is -0.118. The number of likely N-dealkylation sites (N-methyl/N-ethyl adjacent to an activating group) is 1. The molecule has 1 amide bonds. The number of nitrogens with one attached hydrogen (secondary N) is 1. The molecule has 0 saturated carbocycles. The van der Waals surface area contributed by atoms with Crippen molar-refractivity contribution in [3.8, 4) is 0 Å². The minimum Gasteiger partial charge on any atom is -0.462 e. The van der Waals surface area contributed by atoms with E-state index in [1.54, 1.807) is 31.2 Å². The van der Waals surface area contributed by atoms with Crippen LogP contribution < -0.4 is 5.32 Å². The molecule has 28 heavy (non-hydrogen) atoms.